The smallest absolute Gasteiger partial charge is 0.308 e. The monoisotopic (exact) mass is 251 g/mol. The van der Waals surface area contributed by atoms with Gasteiger partial charge in [0.25, 0.3) is 0 Å². The van der Waals surface area contributed by atoms with Gasteiger partial charge in [0, 0.05) is 13.1 Å². The van der Waals surface area contributed by atoms with Crippen LogP contribution in [-0.2, 0) is 11.3 Å². The number of likely N-dealkylation sites (tertiary alicyclic amines) is 1. The zero-order valence-corrected chi connectivity index (χ0v) is 11.2. The zero-order chi connectivity index (χ0) is 13.3. The normalized spacial score (nSPS) is 24.9. The summed E-state index contributed by atoms with van der Waals surface area (Å²) < 4.78 is 5.55. The van der Waals surface area contributed by atoms with Crippen molar-refractivity contribution in [3.63, 3.8) is 0 Å². The van der Waals surface area contributed by atoms with Crippen LogP contribution in [0.5, 0.6) is 0 Å². The van der Waals surface area contributed by atoms with Gasteiger partial charge in [-0.15, -0.1) is 0 Å². The van der Waals surface area contributed by atoms with E-state index in [9.17, 15) is 9.90 Å². The zero-order valence-electron chi connectivity index (χ0n) is 11.2. The van der Waals surface area contributed by atoms with Crippen molar-refractivity contribution in [1.82, 2.24) is 4.90 Å². The van der Waals surface area contributed by atoms with Crippen LogP contribution >= 0.6 is 0 Å². The summed E-state index contributed by atoms with van der Waals surface area (Å²) in [6.07, 6.45) is 0. The molecule has 100 valence electrons. The minimum atomic E-state index is -0.674. The molecule has 0 amide bonds. The molecule has 18 heavy (non-hydrogen) atoms. The molecule has 0 radical (unpaired) electrons. The summed E-state index contributed by atoms with van der Waals surface area (Å²) in [5.74, 6) is 1.53. The van der Waals surface area contributed by atoms with Crippen LogP contribution in [0.1, 0.15) is 25.4 Å². The van der Waals surface area contributed by atoms with Crippen molar-refractivity contribution < 1.29 is 14.3 Å². The van der Waals surface area contributed by atoms with Crippen LogP contribution in [-0.4, -0.2) is 29.1 Å². The first kappa shape index (κ1) is 13.1. The number of hydrogen-bond acceptors (Lipinski definition) is 3. The van der Waals surface area contributed by atoms with E-state index in [1.807, 2.05) is 19.1 Å². The molecule has 1 aromatic heterocycles. The van der Waals surface area contributed by atoms with Crippen LogP contribution in [0, 0.1) is 24.7 Å². The maximum absolute atomic E-state index is 11.3. The molecule has 1 N–H and O–H groups in total. The van der Waals surface area contributed by atoms with Crippen LogP contribution < -0.4 is 0 Å². The average molecular weight is 251 g/mol. The van der Waals surface area contributed by atoms with E-state index in [0.717, 1.165) is 18.1 Å². The van der Waals surface area contributed by atoms with E-state index >= 15 is 0 Å². The summed E-state index contributed by atoms with van der Waals surface area (Å²) in [5.41, 5.74) is 0. The second kappa shape index (κ2) is 5.14. The number of carboxylic acids is 1. The highest BCUT2D eigenvalue weighted by atomic mass is 16.4. The third-order valence-electron chi connectivity index (χ3n) is 3.79. The van der Waals surface area contributed by atoms with Gasteiger partial charge >= 0.3 is 5.97 Å². The van der Waals surface area contributed by atoms with E-state index in [0.29, 0.717) is 19.0 Å². The fourth-order valence-electron chi connectivity index (χ4n) is 2.77. The number of aryl methyl sites for hydroxylation is 1. The van der Waals surface area contributed by atoms with Gasteiger partial charge in [-0.05, 0) is 30.9 Å². The van der Waals surface area contributed by atoms with E-state index in [1.54, 1.807) is 0 Å². The highest BCUT2D eigenvalue weighted by molar-refractivity contribution is 5.71. The summed E-state index contributed by atoms with van der Waals surface area (Å²) in [4.78, 5) is 13.5. The van der Waals surface area contributed by atoms with Crippen molar-refractivity contribution >= 4 is 5.97 Å². The molecule has 0 aliphatic carbocycles. The molecule has 0 bridgehead atoms. The van der Waals surface area contributed by atoms with Crippen LogP contribution in [0.25, 0.3) is 0 Å². The van der Waals surface area contributed by atoms with E-state index < -0.39 is 5.97 Å². The number of nitrogens with zero attached hydrogens (tertiary/aromatic N) is 1. The van der Waals surface area contributed by atoms with Crippen molar-refractivity contribution in [2.75, 3.05) is 13.1 Å². The fourth-order valence-corrected chi connectivity index (χ4v) is 2.77. The number of hydrogen-bond donors (Lipinski definition) is 1. The number of aliphatic carboxylic acids is 1. The van der Waals surface area contributed by atoms with Gasteiger partial charge in [-0.1, -0.05) is 13.8 Å². The lowest BCUT2D eigenvalue weighted by Gasteiger charge is -2.18. The van der Waals surface area contributed by atoms with Crippen LogP contribution in [0.2, 0.25) is 0 Å². The summed E-state index contributed by atoms with van der Waals surface area (Å²) in [7, 11) is 0. The van der Waals surface area contributed by atoms with Crippen molar-refractivity contribution in [3.8, 4) is 0 Å². The van der Waals surface area contributed by atoms with Crippen molar-refractivity contribution in [2.45, 2.75) is 27.3 Å². The van der Waals surface area contributed by atoms with E-state index in [2.05, 4.69) is 18.7 Å². The fraction of sp³-hybridized carbons (Fsp3) is 0.643. The molecule has 4 heteroatoms. The number of rotatable bonds is 4. The lowest BCUT2D eigenvalue weighted by Crippen LogP contribution is -2.25. The highest BCUT2D eigenvalue weighted by Crippen LogP contribution is 2.30. The molecule has 0 spiro atoms. The van der Waals surface area contributed by atoms with Gasteiger partial charge in [-0.2, -0.15) is 0 Å². The van der Waals surface area contributed by atoms with Crippen LogP contribution in [0.4, 0.5) is 0 Å². The van der Waals surface area contributed by atoms with E-state index in [4.69, 9.17) is 4.42 Å². The minimum Gasteiger partial charge on any atom is -0.481 e. The average Bonchev–Trinajstić information content (AvgIpc) is 2.85. The maximum Gasteiger partial charge on any atom is 0.308 e. The van der Waals surface area contributed by atoms with Gasteiger partial charge in [0.1, 0.15) is 11.5 Å². The molecule has 0 saturated carbocycles. The second-order valence-corrected chi connectivity index (χ2v) is 5.56. The molecular formula is C14H21NO3. The molecule has 4 nitrogen and oxygen atoms in total. The molecule has 2 heterocycles. The Hall–Kier alpha value is -1.29. The van der Waals surface area contributed by atoms with Crippen LogP contribution in [0.3, 0.4) is 0 Å². The Morgan fingerprint density at radius 1 is 1.50 bits per heavy atom. The standard InChI is InChI=1S/C14H21NO3/c1-9(2)12-7-15(8-13(12)14(16)17)6-11-5-4-10(3)18-11/h4-5,9,12-13H,6-8H2,1-3H3,(H,16,17)/t12-,13+/m1/s1. The topological polar surface area (TPSA) is 53.7 Å². The highest BCUT2D eigenvalue weighted by Gasteiger charge is 2.39. The number of carboxylic acid groups (broad SMARTS) is 1. The molecular weight excluding hydrogens is 230 g/mol. The third kappa shape index (κ3) is 2.75. The van der Waals surface area contributed by atoms with E-state index in [-0.39, 0.29) is 11.8 Å². The molecule has 0 aromatic carbocycles. The minimum absolute atomic E-state index is 0.235. The van der Waals surface area contributed by atoms with Gasteiger partial charge in [0.2, 0.25) is 0 Å². The van der Waals surface area contributed by atoms with Crippen molar-refractivity contribution in [2.24, 2.45) is 17.8 Å². The number of carbonyl (C=O) groups is 1. The first-order chi connectivity index (χ1) is 8.47. The molecule has 1 aromatic rings. The Morgan fingerprint density at radius 2 is 2.22 bits per heavy atom. The van der Waals surface area contributed by atoms with Gasteiger partial charge in [0.05, 0.1) is 12.5 Å². The molecule has 1 fully saturated rings. The molecule has 1 saturated heterocycles. The summed E-state index contributed by atoms with van der Waals surface area (Å²) in [6.45, 7) is 8.29. The maximum atomic E-state index is 11.3. The Morgan fingerprint density at radius 3 is 2.67 bits per heavy atom. The SMILES string of the molecule is Cc1ccc(CN2C[C@H](C(=O)O)[C@@H](C(C)C)C2)o1. The lowest BCUT2D eigenvalue weighted by molar-refractivity contribution is -0.143. The first-order valence-electron chi connectivity index (χ1n) is 6.48. The Kier molecular flexibility index (Phi) is 3.76. The Labute approximate surface area is 108 Å². The molecule has 1 aliphatic rings. The molecule has 2 atom stereocenters. The first-order valence-corrected chi connectivity index (χ1v) is 6.48. The Bertz CT molecular complexity index is 424. The third-order valence-corrected chi connectivity index (χ3v) is 3.79. The predicted molar refractivity (Wildman–Crippen MR) is 68.2 cm³/mol. The van der Waals surface area contributed by atoms with Crippen LogP contribution in [0.15, 0.2) is 16.5 Å². The summed E-state index contributed by atoms with van der Waals surface area (Å²) >= 11 is 0. The molecule has 0 unspecified atom stereocenters. The second-order valence-electron chi connectivity index (χ2n) is 5.56. The summed E-state index contributed by atoms with van der Waals surface area (Å²) in [6, 6.07) is 3.91. The quantitative estimate of drug-likeness (QED) is 0.892. The van der Waals surface area contributed by atoms with Gasteiger partial charge in [-0.25, -0.2) is 0 Å². The van der Waals surface area contributed by atoms with E-state index in [1.165, 1.54) is 0 Å². The lowest BCUT2D eigenvalue weighted by atomic mass is 9.86. The largest absolute Gasteiger partial charge is 0.481 e. The van der Waals surface area contributed by atoms with Crippen molar-refractivity contribution in [3.05, 3.63) is 23.7 Å². The summed E-state index contributed by atoms with van der Waals surface area (Å²) in [5, 5.41) is 9.27. The number of furan rings is 1. The van der Waals surface area contributed by atoms with Crippen molar-refractivity contribution in [1.29, 1.82) is 0 Å². The van der Waals surface area contributed by atoms with Gasteiger partial charge < -0.3 is 9.52 Å². The Balaban J connectivity index is 2.02. The predicted octanol–water partition coefficient (Wildman–Crippen LogP) is 2.38. The van der Waals surface area contributed by atoms with Gasteiger partial charge in [-0.3, -0.25) is 9.69 Å². The molecule has 2 rings (SSSR count). The molecule has 1 aliphatic heterocycles. The van der Waals surface area contributed by atoms with Gasteiger partial charge in [0.15, 0.2) is 0 Å².